The zero-order valence-electron chi connectivity index (χ0n) is 14.4. The normalized spacial score (nSPS) is 14.8. The second-order valence-corrected chi connectivity index (χ2v) is 7.11. The molecule has 0 N–H and O–H groups in total. The maximum Gasteiger partial charge on any atom is 0.242 e. The fourth-order valence-corrected chi connectivity index (χ4v) is 3.72. The van der Waals surface area contributed by atoms with Crippen LogP contribution in [0.4, 0.5) is 14.5 Å². The van der Waals surface area contributed by atoms with Crippen LogP contribution in [0.2, 0.25) is 0 Å². The number of carbonyl (C=O) groups excluding carboxylic acids is 2. The molecule has 1 atom stereocenters. The number of carbonyl (C=O) groups is 2. The summed E-state index contributed by atoms with van der Waals surface area (Å²) in [4.78, 5) is 28.8. The van der Waals surface area contributed by atoms with Crippen molar-refractivity contribution in [2.75, 3.05) is 24.2 Å². The molecule has 1 unspecified atom stereocenters. The number of thioether (sulfide) groups is 1. The molecule has 1 heterocycles. The lowest BCUT2D eigenvalue weighted by molar-refractivity contribution is -0.131. The SMILES string of the molecule is CC(c1ccc(F)c(F)c1)N(C)C(=O)CN1C(=O)CSc2ccccc21. The number of hydrogen-bond acceptors (Lipinski definition) is 3. The van der Waals surface area contributed by atoms with Gasteiger partial charge in [-0.3, -0.25) is 9.59 Å². The third kappa shape index (κ3) is 3.58. The third-order valence-corrected chi connectivity index (χ3v) is 5.55. The number of halogens is 2. The minimum absolute atomic E-state index is 0.0963. The Hall–Kier alpha value is -2.41. The molecule has 0 fully saturated rings. The molecule has 26 heavy (non-hydrogen) atoms. The Morgan fingerprint density at radius 1 is 1.23 bits per heavy atom. The Labute approximate surface area is 154 Å². The number of nitrogens with zero attached hydrogens (tertiary/aromatic N) is 2. The van der Waals surface area contributed by atoms with Crippen LogP contribution in [0.15, 0.2) is 47.4 Å². The monoisotopic (exact) mass is 376 g/mol. The lowest BCUT2D eigenvalue weighted by atomic mass is 10.1. The van der Waals surface area contributed by atoms with E-state index >= 15 is 0 Å². The van der Waals surface area contributed by atoms with Gasteiger partial charge in [0.25, 0.3) is 0 Å². The second kappa shape index (κ2) is 7.45. The predicted octanol–water partition coefficient (Wildman–Crippen LogP) is 3.62. The van der Waals surface area contributed by atoms with E-state index in [0.717, 1.165) is 22.7 Å². The summed E-state index contributed by atoms with van der Waals surface area (Å²) in [6, 6.07) is 10.6. The van der Waals surface area contributed by atoms with Gasteiger partial charge in [0.1, 0.15) is 6.54 Å². The Kier molecular flexibility index (Phi) is 5.27. The first-order valence-corrected chi connectivity index (χ1v) is 9.10. The van der Waals surface area contributed by atoms with Crippen LogP contribution < -0.4 is 4.90 Å². The molecule has 0 saturated heterocycles. The first-order chi connectivity index (χ1) is 12.4. The molecule has 136 valence electrons. The average Bonchev–Trinajstić information content (AvgIpc) is 2.65. The fraction of sp³-hybridized carbons (Fsp3) is 0.263. The van der Waals surface area contributed by atoms with E-state index in [1.165, 1.54) is 27.6 Å². The first-order valence-electron chi connectivity index (χ1n) is 8.11. The highest BCUT2D eigenvalue weighted by molar-refractivity contribution is 8.00. The van der Waals surface area contributed by atoms with Crippen LogP contribution in [-0.2, 0) is 9.59 Å². The van der Waals surface area contributed by atoms with Crippen molar-refractivity contribution in [3.63, 3.8) is 0 Å². The van der Waals surface area contributed by atoms with E-state index in [2.05, 4.69) is 0 Å². The molecule has 0 spiro atoms. The first kappa shape index (κ1) is 18.4. The van der Waals surface area contributed by atoms with Crippen molar-refractivity contribution in [1.82, 2.24) is 4.90 Å². The number of anilines is 1. The Balaban J connectivity index is 1.77. The number of para-hydroxylation sites is 1. The van der Waals surface area contributed by atoms with Gasteiger partial charge in [-0.05, 0) is 36.8 Å². The minimum atomic E-state index is -0.952. The van der Waals surface area contributed by atoms with Crippen LogP contribution >= 0.6 is 11.8 Å². The fourth-order valence-electron chi connectivity index (χ4n) is 2.79. The van der Waals surface area contributed by atoms with E-state index in [1.807, 2.05) is 24.3 Å². The maximum atomic E-state index is 13.5. The van der Waals surface area contributed by atoms with E-state index in [4.69, 9.17) is 0 Å². The number of hydrogen-bond donors (Lipinski definition) is 0. The predicted molar refractivity (Wildman–Crippen MR) is 97.1 cm³/mol. The largest absolute Gasteiger partial charge is 0.337 e. The number of fused-ring (bicyclic) bond motifs is 1. The smallest absolute Gasteiger partial charge is 0.242 e. The zero-order valence-corrected chi connectivity index (χ0v) is 15.2. The summed E-state index contributed by atoms with van der Waals surface area (Å²) in [5, 5.41) is 0. The number of amides is 2. The maximum absolute atomic E-state index is 13.5. The lowest BCUT2D eigenvalue weighted by Crippen LogP contribution is -2.44. The molecule has 0 saturated carbocycles. The summed E-state index contributed by atoms with van der Waals surface area (Å²) < 4.78 is 26.6. The van der Waals surface area contributed by atoms with Crippen molar-refractivity contribution in [2.24, 2.45) is 0 Å². The molecule has 0 aromatic heterocycles. The molecular weight excluding hydrogens is 358 g/mol. The molecule has 0 bridgehead atoms. The van der Waals surface area contributed by atoms with Gasteiger partial charge < -0.3 is 9.80 Å². The van der Waals surface area contributed by atoms with E-state index in [0.29, 0.717) is 5.56 Å². The Morgan fingerprint density at radius 2 is 1.96 bits per heavy atom. The van der Waals surface area contributed by atoms with Gasteiger partial charge in [0.15, 0.2) is 11.6 Å². The third-order valence-electron chi connectivity index (χ3n) is 4.50. The van der Waals surface area contributed by atoms with Crippen LogP contribution in [0.5, 0.6) is 0 Å². The quantitative estimate of drug-likeness (QED) is 0.818. The van der Waals surface area contributed by atoms with Gasteiger partial charge in [0, 0.05) is 11.9 Å². The second-order valence-electron chi connectivity index (χ2n) is 6.09. The van der Waals surface area contributed by atoms with Gasteiger partial charge in [-0.25, -0.2) is 8.78 Å². The van der Waals surface area contributed by atoms with Gasteiger partial charge >= 0.3 is 0 Å². The molecule has 1 aliphatic rings. The van der Waals surface area contributed by atoms with Crippen molar-refractivity contribution in [3.05, 3.63) is 59.7 Å². The Bertz CT molecular complexity index is 859. The van der Waals surface area contributed by atoms with Gasteiger partial charge in [-0.1, -0.05) is 18.2 Å². The Morgan fingerprint density at radius 3 is 2.69 bits per heavy atom. The molecule has 0 aliphatic carbocycles. The van der Waals surface area contributed by atoms with Gasteiger partial charge in [0.05, 0.1) is 17.5 Å². The molecule has 7 heteroatoms. The van der Waals surface area contributed by atoms with E-state index in [-0.39, 0.29) is 24.1 Å². The van der Waals surface area contributed by atoms with Crippen LogP contribution in [0, 0.1) is 11.6 Å². The average molecular weight is 376 g/mol. The topological polar surface area (TPSA) is 40.6 Å². The van der Waals surface area contributed by atoms with Crippen molar-refractivity contribution in [2.45, 2.75) is 17.9 Å². The summed E-state index contributed by atoms with van der Waals surface area (Å²) in [6.45, 7) is 1.63. The standard InChI is InChI=1S/C19H18F2N2O2S/c1-12(13-7-8-14(20)15(21)9-13)22(2)18(24)10-23-16-5-3-4-6-17(16)26-11-19(23)25/h3-9,12H,10-11H2,1-2H3. The zero-order chi connectivity index (χ0) is 18.8. The molecular formula is C19H18F2N2O2S. The van der Waals surface area contributed by atoms with Gasteiger partial charge in [0.2, 0.25) is 11.8 Å². The summed E-state index contributed by atoms with van der Waals surface area (Å²) in [7, 11) is 1.59. The number of likely N-dealkylation sites (N-methyl/N-ethyl adjacent to an activating group) is 1. The molecule has 0 radical (unpaired) electrons. The summed E-state index contributed by atoms with van der Waals surface area (Å²) in [5.41, 5.74) is 1.21. The van der Waals surface area contributed by atoms with Crippen molar-refractivity contribution < 1.29 is 18.4 Å². The molecule has 3 rings (SSSR count). The molecule has 4 nitrogen and oxygen atoms in total. The van der Waals surface area contributed by atoms with Crippen molar-refractivity contribution in [3.8, 4) is 0 Å². The molecule has 1 aliphatic heterocycles. The highest BCUT2D eigenvalue weighted by Crippen LogP contribution is 2.35. The van der Waals surface area contributed by atoms with Crippen LogP contribution in [0.1, 0.15) is 18.5 Å². The van der Waals surface area contributed by atoms with Crippen molar-refractivity contribution in [1.29, 1.82) is 0 Å². The summed E-state index contributed by atoms with van der Waals surface area (Å²) in [5.74, 6) is -2.00. The van der Waals surface area contributed by atoms with Gasteiger partial charge in [-0.15, -0.1) is 11.8 Å². The van der Waals surface area contributed by atoms with Crippen molar-refractivity contribution >= 4 is 29.3 Å². The van der Waals surface area contributed by atoms with Crippen LogP contribution in [0.3, 0.4) is 0 Å². The van der Waals surface area contributed by atoms with E-state index in [9.17, 15) is 18.4 Å². The molecule has 2 aromatic carbocycles. The van der Waals surface area contributed by atoms with E-state index in [1.54, 1.807) is 14.0 Å². The lowest BCUT2D eigenvalue weighted by Gasteiger charge is -2.32. The van der Waals surface area contributed by atoms with Crippen LogP contribution in [0.25, 0.3) is 0 Å². The van der Waals surface area contributed by atoms with Gasteiger partial charge in [-0.2, -0.15) is 0 Å². The van der Waals surface area contributed by atoms with Crippen LogP contribution in [-0.4, -0.2) is 36.1 Å². The molecule has 2 amide bonds. The number of benzene rings is 2. The number of rotatable bonds is 4. The minimum Gasteiger partial charge on any atom is -0.337 e. The highest BCUT2D eigenvalue weighted by atomic mass is 32.2. The highest BCUT2D eigenvalue weighted by Gasteiger charge is 2.28. The molecule has 2 aromatic rings. The summed E-state index contributed by atoms with van der Waals surface area (Å²) in [6.07, 6.45) is 0. The van der Waals surface area contributed by atoms with E-state index < -0.39 is 17.7 Å². The summed E-state index contributed by atoms with van der Waals surface area (Å²) >= 11 is 1.45.